The van der Waals surface area contributed by atoms with Gasteiger partial charge in [0.15, 0.2) is 0 Å². The highest BCUT2D eigenvalue weighted by atomic mass is 16.4. The van der Waals surface area contributed by atoms with Gasteiger partial charge in [-0.1, -0.05) is 36.4 Å². The van der Waals surface area contributed by atoms with E-state index >= 15 is 0 Å². The lowest BCUT2D eigenvalue weighted by molar-refractivity contribution is -0.268. The minimum atomic E-state index is -0.956. The first-order chi connectivity index (χ1) is 7.66. The molecule has 0 fully saturated rings. The molecule has 2 aromatic rings. The summed E-state index contributed by atoms with van der Waals surface area (Å²) >= 11 is 0. The minimum absolute atomic E-state index is 0.0573. The first-order valence-corrected chi connectivity index (χ1v) is 4.77. The molecule has 0 aromatic heterocycles. The molecule has 0 amide bonds. The second-order valence-corrected chi connectivity index (χ2v) is 3.41. The van der Waals surface area contributed by atoms with Gasteiger partial charge in [0.25, 0.3) is 0 Å². The third-order valence-electron chi connectivity index (χ3n) is 2.30. The topological polar surface area (TPSA) is 60.4 Å². The van der Waals surface area contributed by atoms with Crippen molar-refractivity contribution in [2.24, 2.45) is 0 Å². The molecule has 3 nitrogen and oxygen atoms in total. The van der Waals surface area contributed by atoms with Crippen molar-refractivity contribution in [3.05, 3.63) is 54.1 Å². The van der Waals surface area contributed by atoms with Crippen LogP contribution < -0.4 is 5.11 Å². The molecule has 0 aliphatic carbocycles. The smallest absolute Gasteiger partial charge is 0.335 e. The number of carbonyl (C=O) groups is 1. The highest BCUT2D eigenvalue weighted by Crippen LogP contribution is 2.21. The van der Waals surface area contributed by atoms with E-state index in [4.69, 9.17) is 5.11 Å². The molecule has 2 aromatic carbocycles. The Morgan fingerprint density at radius 2 is 1.69 bits per heavy atom. The summed E-state index contributed by atoms with van der Waals surface area (Å²) in [6, 6.07) is 12.9. The predicted octanol–water partition coefficient (Wildman–Crippen LogP) is 2.13. The van der Waals surface area contributed by atoms with Crippen molar-refractivity contribution in [2.45, 2.75) is 0 Å². The summed E-state index contributed by atoms with van der Waals surface area (Å²) in [7, 11) is 0. The summed E-state index contributed by atoms with van der Waals surface area (Å²) in [5.74, 6) is -1.01. The van der Waals surface area contributed by atoms with Crippen molar-refractivity contribution in [3.8, 4) is 16.9 Å². The van der Waals surface area contributed by atoms with E-state index in [1.807, 2.05) is 6.07 Å². The normalized spacial score (nSPS) is 10.0. The second kappa shape index (κ2) is 4.06. The zero-order chi connectivity index (χ0) is 11.5. The van der Waals surface area contributed by atoms with E-state index in [9.17, 15) is 9.90 Å². The lowest BCUT2D eigenvalue weighted by atomic mass is 10.0. The summed E-state index contributed by atoms with van der Waals surface area (Å²) in [6.07, 6.45) is 0. The SMILES string of the molecule is O=C(O)c1cccc(-c2ccc([O-])cc2)c1. The van der Waals surface area contributed by atoms with Crippen LogP contribution in [0.5, 0.6) is 5.75 Å². The Balaban J connectivity index is 2.44. The summed E-state index contributed by atoms with van der Waals surface area (Å²) in [5.41, 5.74) is 1.87. The lowest BCUT2D eigenvalue weighted by Gasteiger charge is -2.07. The monoisotopic (exact) mass is 213 g/mol. The maximum Gasteiger partial charge on any atom is 0.335 e. The van der Waals surface area contributed by atoms with Gasteiger partial charge >= 0.3 is 5.97 Å². The highest BCUT2D eigenvalue weighted by Gasteiger charge is 2.03. The van der Waals surface area contributed by atoms with E-state index in [2.05, 4.69) is 0 Å². The molecular weight excluding hydrogens is 204 g/mol. The standard InChI is InChI=1S/C13H10O3/c14-12-6-4-9(5-7-12)10-2-1-3-11(8-10)13(15)16/h1-8,14H,(H,15,16)/p-1. The van der Waals surface area contributed by atoms with Crippen LogP contribution in [0.4, 0.5) is 0 Å². The average molecular weight is 213 g/mol. The van der Waals surface area contributed by atoms with E-state index in [-0.39, 0.29) is 11.3 Å². The highest BCUT2D eigenvalue weighted by molar-refractivity contribution is 5.89. The van der Waals surface area contributed by atoms with Crippen LogP contribution in [-0.4, -0.2) is 11.1 Å². The number of hydrogen-bond donors (Lipinski definition) is 1. The third-order valence-corrected chi connectivity index (χ3v) is 2.30. The maximum atomic E-state index is 10.9. The number of hydrogen-bond acceptors (Lipinski definition) is 2. The molecule has 80 valence electrons. The lowest BCUT2D eigenvalue weighted by Crippen LogP contribution is -1.95. The Labute approximate surface area is 92.6 Å². The molecule has 1 N–H and O–H groups in total. The molecule has 0 aliphatic rings. The molecule has 0 bridgehead atoms. The third kappa shape index (κ3) is 2.03. The van der Waals surface area contributed by atoms with Gasteiger partial charge in [0.05, 0.1) is 5.56 Å². The van der Waals surface area contributed by atoms with Crippen molar-refractivity contribution < 1.29 is 15.0 Å². The van der Waals surface area contributed by atoms with E-state index in [1.165, 1.54) is 18.2 Å². The molecule has 0 saturated heterocycles. The van der Waals surface area contributed by atoms with Gasteiger partial charge in [-0.05, 0) is 23.3 Å². The second-order valence-electron chi connectivity index (χ2n) is 3.41. The Kier molecular flexibility index (Phi) is 2.60. The van der Waals surface area contributed by atoms with Crippen molar-refractivity contribution >= 4 is 5.97 Å². The molecule has 16 heavy (non-hydrogen) atoms. The average Bonchev–Trinajstić information content (AvgIpc) is 2.30. The first-order valence-electron chi connectivity index (χ1n) is 4.77. The Morgan fingerprint density at radius 1 is 1.00 bits per heavy atom. The van der Waals surface area contributed by atoms with Gasteiger partial charge in [-0.15, -0.1) is 5.75 Å². The van der Waals surface area contributed by atoms with E-state index in [0.29, 0.717) is 0 Å². The summed E-state index contributed by atoms with van der Waals surface area (Å²) < 4.78 is 0. The zero-order valence-electron chi connectivity index (χ0n) is 8.38. The van der Waals surface area contributed by atoms with Crippen LogP contribution in [0.1, 0.15) is 10.4 Å². The van der Waals surface area contributed by atoms with Gasteiger partial charge in [0.2, 0.25) is 0 Å². The fourth-order valence-electron chi connectivity index (χ4n) is 1.48. The van der Waals surface area contributed by atoms with Gasteiger partial charge < -0.3 is 10.2 Å². The fraction of sp³-hybridized carbons (Fsp3) is 0. The van der Waals surface area contributed by atoms with Gasteiger partial charge in [0.1, 0.15) is 0 Å². The van der Waals surface area contributed by atoms with Crippen LogP contribution in [0.2, 0.25) is 0 Å². The fourth-order valence-corrected chi connectivity index (χ4v) is 1.48. The van der Waals surface area contributed by atoms with E-state index in [1.54, 1.807) is 24.3 Å². The van der Waals surface area contributed by atoms with Gasteiger partial charge in [-0.2, -0.15) is 0 Å². The first kappa shape index (κ1) is 10.2. The van der Waals surface area contributed by atoms with Gasteiger partial charge in [-0.25, -0.2) is 4.79 Å². The molecule has 0 spiro atoms. The van der Waals surface area contributed by atoms with Crippen LogP contribution in [0, 0.1) is 0 Å². The molecule has 2 rings (SSSR count). The number of carboxylic acids is 1. The van der Waals surface area contributed by atoms with E-state index in [0.717, 1.165) is 11.1 Å². The van der Waals surface area contributed by atoms with Crippen LogP contribution in [0.15, 0.2) is 48.5 Å². The summed E-state index contributed by atoms with van der Waals surface area (Å²) in [4.78, 5) is 10.8. The Morgan fingerprint density at radius 3 is 2.31 bits per heavy atom. The van der Waals surface area contributed by atoms with Crippen molar-refractivity contribution in [3.63, 3.8) is 0 Å². The van der Waals surface area contributed by atoms with E-state index < -0.39 is 5.97 Å². The van der Waals surface area contributed by atoms with Crippen LogP contribution in [0.3, 0.4) is 0 Å². The molecule has 0 unspecified atom stereocenters. The molecule has 0 saturated carbocycles. The van der Waals surface area contributed by atoms with Gasteiger partial charge in [0, 0.05) is 0 Å². The zero-order valence-corrected chi connectivity index (χ0v) is 8.38. The Bertz CT molecular complexity index is 515. The van der Waals surface area contributed by atoms with Crippen molar-refractivity contribution in [2.75, 3.05) is 0 Å². The summed E-state index contributed by atoms with van der Waals surface area (Å²) in [5, 5.41) is 19.8. The van der Waals surface area contributed by atoms with Crippen LogP contribution in [0.25, 0.3) is 11.1 Å². The molecule has 3 heteroatoms. The molecule has 0 heterocycles. The molecule has 0 aliphatic heterocycles. The number of carboxylic acid groups (broad SMARTS) is 1. The maximum absolute atomic E-state index is 10.9. The predicted molar refractivity (Wildman–Crippen MR) is 58.3 cm³/mol. The van der Waals surface area contributed by atoms with Gasteiger partial charge in [-0.3, -0.25) is 0 Å². The number of benzene rings is 2. The quantitative estimate of drug-likeness (QED) is 0.831. The van der Waals surface area contributed by atoms with Crippen LogP contribution >= 0.6 is 0 Å². The van der Waals surface area contributed by atoms with Crippen molar-refractivity contribution in [1.82, 2.24) is 0 Å². The summed E-state index contributed by atoms with van der Waals surface area (Å²) in [6.45, 7) is 0. The molecule has 0 atom stereocenters. The van der Waals surface area contributed by atoms with Crippen LogP contribution in [-0.2, 0) is 0 Å². The molecular formula is C13H9O3-. The number of rotatable bonds is 2. The van der Waals surface area contributed by atoms with Crippen molar-refractivity contribution in [1.29, 1.82) is 0 Å². The minimum Gasteiger partial charge on any atom is -0.872 e. The number of aromatic carboxylic acids is 1. The molecule has 0 radical (unpaired) electrons. The largest absolute Gasteiger partial charge is 0.872 e. The Hall–Kier alpha value is -2.29.